The number of amides is 1. The third kappa shape index (κ3) is 6.92. The van der Waals surface area contributed by atoms with Crippen molar-refractivity contribution >= 4 is 61.4 Å². The second-order valence-electron chi connectivity index (χ2n) is 8.89. The number of rotatable bonds is 9. The van der Waals surface area contributed by atoms with Crippen molar-refractivity contribution in [3.05, 3.63) is 125 Å². The number of thiazole rings is 1. The molecule has 5 aromatic rings. The quantitative estimate of drug-likeness (QED) is 0.166. The summed E-state index contributed by atoms with van der Waals surface area (Å²) in [6.07, 6.45) is 0. The predicted molar refractivity (Wildman–Crippen MR) is 165 cm³/mol. The first-order valence-corrected chi connectivity index (χ1v) is 15.8. The number of hydrogen-bond acceptors (Lipinski definition) is 6. The first kappa shape index (κ1) is 27.9. The van der Waals surface area contributed by atoms with Gasteiger partial charge in [-0.25, -0.2) is 13.4 Å². The van der Waals surface area contributed by atoms with Gasteiger partial charge in [0, 0.05) is 26.5 Å². The summed E-state index contributed by atoms with van der Waals surface area (Å²) in [5, 5.41) is 5.43. The largest absolute Gasteiger partial charge is 0.301 e. The Kier molecular flexibility index (Phi) is 8.56. The molecule has 2 N–H and O–H groups in total. The van der Waals surface area contributed by atoms with Crippen LogP contribution in [0.3, 0.4) is 0 Å². The summed E-state index contributed by atoms with van der Waals surface area (Å²) in [7, 11) is -3.71. The van der Waals surface area contributed by atoms with Crippen molar-refractivity contribution in [1.82, 2.24) is 4.98 Å². The maximum Gasteiger partial charge on any atom is 0.261 e. The number of thioether (sulfide) groups is 1. The van der Waals surface area contributed by atoms with E-state index in [1.54, 1.807) is 60.7 Å². The lowest BCUT2D eigenvalue weighted by Gasteiger charge is -2.16. The fraction of sp³-hybridized carbons (Fsp3) is 0.0667. The summed E-state index contributed by atoms with van der Waals surface area (Å²) in [5.74, 6) is -0.211. The highest BCUT2D eigenvalue weighted by atomic mass is 35.5. The summed E-state index contributed by atoms with van der Waals surface area (Å²) < 4.78 is 28.1. The van der Waals surface area contributed by atoms with Crippen molar-refractivity contribution in [3.8, 4) is 11.3 Å². The molecular weight excluding hydrogens is 582 g/mol. The molecule has 1 aromatic heterocycles. The number of aromatic nitrogens is 1. The van der Waals surface area contributed by atoms with Crippen LogP contribution in [0.5, 0.6) is 0 Å². The Balaban J connectivity index is 1.31. The SMILES string of the molecule is Cc1ccc(S(=O)(=O)Nc2ccc(SC(C(=O)Nc3nc(-c4ccc(Cl)cc4)cs3)c3ccccc3)cc2)cc1. The van der Waals surface area contributed by atoms with Gasteiger partial charge in [0.25, 0.3) is 10.0 Å². The van der Waals surface area contributed by atoms with E-state index in [0.29, 0.717) is 15.8 Å². The maximum absolute atomic E-state index is 13.5. The molecule has 0 aliphatic rings. The van der Waals surface area contributed by atoms with Crippen molar-refractivity contribution in [3.63, 3.8) is 0 Å². The average molecular weight is 606 g/mol. The van der Waals surface area contributed by atoms with E-state index in [0.717, 1.165) is 27.3 Å². The number of nitrogens with one attached hydrogen (secondary N) is 2. The van der Waals surface area contributed by atoms with Crippen LogP contribution in [0.2, 0.25) is 5.02 Å². The van der Waals surface area contributed by atoms with Crippen LogP contribution in [-0.2, 0) is 14.8 Å². The Morgan fingerprint density at radius 1 is 0.900 bits per heavy atom. The van der Waals surface area contributed by atoms with Crippen molar-refractivity contribution in [2.24, 2.45) is 0 Å². The van der Waals surface area contributed by atoms with Gasteiger partial charge >= 0.3 is 0 Å². The molecule has 0 radical (unpaired) electrons. The van der Waals surface area contributed by atoms with Gasteiger partial charge in [-0.15, -0.1) is 23.1 Å². The summed E-state index contributed by atoms with van der Waals surface area (Å²) >= 11 is 8.72. The van der Waals surface area contributed by atoms with E-state index in [4.69, 9.17) is 11.6 Å². The van der Waals surface area contributed by atoms with Crippen molar-refractivity contribution in [2.45, 2.75) is 22.0 Å². The Bertz CT molecular complexity index is 1710. The smallest absolute Gasteiger partial charge is 0.261 e. The molecule has 1 atom stereocenters. The first-order valence-electron chi connectivity index (χ1n) is 12.2. The van der Waals surface area contributed by atoms with E-state index < -0.39 is 15.3 Å². The zero-order chi connectivity index (χ0) is 28.1. The van der Waals surface area contributed by atoms with Gasteiger partial charge in [-0.2, -0.15) is 0 Å². The molecule has 0 aliphatic heterocycles. The average Bonchev–Trinajstić information content (AvgIpc) is 3.42. The highest BCUT2D eigenvalue weighted by molar-refractivity contribution is 8.00. The molecule has 202 valence electrons. The van der Waals surface area contributed by atoms with Crippen LogP contribution in [0.25, 0.3) is 11.3 Å². The number of benzene rings is 4. The van der Waals surface area contributed by atoms with E-state index in [9.17, 15) is 13.2 Å². The van der Waals surface area contributed by atoms with Crippen LogP contribution in [0, 0.1) is 6.92 Å². The fourth-order valence-corrected chi connectivity index (χ4v) is 6.76. The number of sulfonamides is 1. The van der Waals surface area contributed by atoms with Crippen LogP contribution in [0.4, 0.5) is 10.8 Å². The summed E-state index contributed by atoms with van der Waals surface area (Å²) in [4.78, 5) is 19.0. The zero-order valence-electron chi connectivity index (χ0n) is 21.2. The van der Waals surface area contributed by atoms with Gasteiger partial charge in [-0.3, -0.25) is 9.52 Å². The van der Waals surface area contributed by atoms with Gasteiger partial charge in [-0.1, -0.05) is 71.8 Å². The maximum atomic E-state index is 13.5. The third-order valence-electron chi connectivity index (χ3n) is 5.91. The van der Waals surface area contributed by atoms with Crippen LogP contribution < -0.4 is 10.0 Å². The Morgan fingerprint density at radius 3 is 2.25 bits per heavy atom. The summed E-state index contributed by atoms with van der Waals surface area (Å²) in [5.41, 5.74) is 3.92. The third-order valence-corrected chi connectivity index (χ3v) is 9.58. The standard InChI is InChI=1S/C30H24ClN3O3S3/c1-20-7-17-26(18-8-20)40(36,37)34-24-13-15-25(16-14-24)39-28(22-5-3-2-4-6-22)29(35)33-30-32-27(19-38-30)21-9-11-23(31)12-10-21/h2-19,28,34H,1H3,(H,32,33,35). The Labute approximate surface area is 246 Å². The molecule has 1 heterocycles. The normalized spacial score (nSPS) is 12.1. The lowest BCUT2D eigenvalue weighted by atomic mass is 10.1. The molecule has 1 unspecified atom stereocenters. The molecule has 0 bridgehead atoms. The minimum absolute atomic E-state index is 0.193. The molecule has 0 spiro atoms. The van der Waals surface area contributed by atoms with Crippen LogP contribution in [0.15, 0.2) is 118 Å². The van der Waals surface area contributed by atoms with Crippen LogP contribution in [0.1, 0.15) is 16.4 Å². The Morgan fingerprint density at radius 2 is 1.57 bits per heavy atom. The van der Waals surface area contributed by atoms with E-state index in [-0.39, 0.29) is 10.8 Å². The highest BCUT2D eigenvalue weighted by Gasteiger charge is 2.23. The number of anilines is 2. The topological polar surface area (TPSA) is 88.2 Å². The molecule has 4 aromatic carbocycles. The molecule has 5 rings (SSSR count). The minimum atomic E-state index is -3.71. The summed E-state index contributed by atoms with van der Waals surface area (Å²) in [6, 6.07) is 30.5. The van der Waals surface area contributed by atoms with Crippen molar-refractivity contribution < 1.29 is 13.2 Å². The minimum Gasteiger partial charge on any atom is -0.301 e. The van der Waals surface area contributed by atoms with E-state index >= 15 is 0 Å². The molecule has 0 saturated carbocycles. The number of halogens is 1. The molecule has 0 fully saturated rings. The van der Waals surface area contributed by atoms with E-state index in [1.165, 1.54) is 23.1 Å². The molecule has 1 amide bonds. The Hall–Kier alpha value is -3.63. The fourth-order valence-electron chi connectivity index (χ4n) is 3.83. The second-order valence-corrected chi connectivity index (χ2v) is 13.0. The summed E-state index contributed by atoms with van der Waals surface area (Å²) in [6.45, 7) is 1.90. The van der Waals surface area contributed by atoms with Crippen LogP contribution in [-0.4, -0.2) is 19.3 Å². The second kappa shape index (κ2) is 12.3. The molecule has 10 heteroatoms. The number of nitrogens with zero attached hydrogens (tertiary/aromatic N) is 1. The van der Waals surface area contributed by atoms with Gasteiger partial charge in [0.15, 0.2) is 5.13 Å². The lowest BCUT2D eigenvalue weighted by Crippen LogP contribution is -2.19. The highest BCUT2D eigenvalue weighted by Crippen LogP contribution is 2.37. The van der Waals surface area contributed by atoms with E-state index in [1.807, 2.05) is 54.8 Å². The molecule has 0 aliphatic carbocycles. The van der Waals surface area contributed by atoms with Gasteiger partial charge < -0.3 is 5.32 Å². The van der Waals surface area contributed by atoms with Gasteiger partial charge in [-0.05, 0) is 61.0 Å². The van der Waals surface area contributed by atoms with Gasteiger partial charge in [0.1, 0.15) is 5.25 Å². The number of hydrogen-bond donors (Lipinski definition) is 2. The van der Waals surface area contributed by atoms with Crippen LogP contribution >= 0.6 is 34.7 Å². The number of carbonyl (C=O) groups is 1. The van der Waals surface area contributed by atoms with Crippen molar-refractivity contribution in [1.29, 1.82) is 0 Å². The van der Waals surface area contributed by atoms with Crippen molar-refractivity contribution in [2.75, 3.05) is 10.0 Å². The molecule has 6 nitrogen and oxygen atoms in total. The first-order chi connectivity index (χ1) is 19.3. The molecule has 0 saturated heterocycles. The zero-order valence-corrected chi connectivity index (χ0v) is 24.4. The molecule has 40 heavy (non-hydrogen) atoms. The molecular formula is C30H24ClN3O3S3. The number of aryl methyl sites for hydroxylation is 1. The predicted octanol–water partition coefficient (Wildman–Crippen LogP) is 8.04. The number of carbonyl (C=O) groups excluding carboxylic acids is 1. The lowest BCUT2D eigenvalue weighted by molar-refractivity contribution is -0.115. The van der Waals surface area contributed by atoms with E-state index in [2.05, 4.69) is 15.0 Å². The van der Waals surface area contributed by atoms with Gasteiger partial charge in [0.2, 0.25) is 5.91 Å². The van der Waals surface area contributed by atoms with Gasteiger partial charge in [0.05, 0.1) is 10.6 Å². The monoisotopic (exact) mass is 605 g/mol.